The van der Waals surface area contributed by atoms with Crippen molar-refractivity contribution >= 4 is 16.9 Å². The highest BCUT2D eigenvalue weighted by molar-refractivity contribution is 5.89. The summed E-state index contributed by atoms with van der Waals surface area (Å²) in [6, 6.07) is 0. The maximum Gasteiger partial charge on any atom is 0.231 e. The molecule has 0 saturated carbocycles. The first kappa shape index (κ1) is 13.8. The number of nitrogens with zero attached hydrogens (tertiary/aromatic N) is 2. The number of rotatable bonds is 5. The molecule has 2 rings (SSSR count). The average Bonchev–Trinajstić information content (AvgIpc) is 2.71. The zero-order valence-electron chi connectivity index (χ0n) is 11.9. The maximum atomic E-state index is 10.00. The molecule has 2 heterocycles. The van der Waals surface area contributed by atoms with E-state index in [0.29, 0.717) is 12.3 Å². The third-order valence-electron chi connectivity index (χ3n) is 3.74. The van der Waals surface area contributed by atoms with E-state index in [-0.39, 0.29) is 12.0 Å². The molecule has 0 aliphatic carbocycles. The molecule has 0 fully saturated rings. The zero-order valence-corrected chi connectivity index (χ0v) is 11.9. The van der Waals surface area contributed by atoms with Crippen molar-refractivity contribution in [2.45, 2.75) is 40.2 Å². The first-order chi connectivity index (χ1) is 9.04. The molecule has 0 aliphatic rings. The van der Waals surface area contributed by atoms with E-state index in [0.717, 1.165) is 28.9 Å². The van der Waals surface area contributed by atoms with Crippen LogP contribution in [0.3, 0.4) is 0 Å². The lowest BCUT2D eigenvalue weighted by Gasteiger charge is -2.18. The van der Waals surface area contributed by atoms with E-state index in [2.05, 4.69) is 22.2 Å². The van der Waals surface area contributed by atoms with Crippen molar-refractivity contribution in [1.29, 1.82) is 0 Å². The van der Waals surface area contributed by atoms with Crippen molar-refractivity contribution < 1.29 is 9.52 Å². The molecule has 104 valence electrons. The second kappa shape index (κ2) is 5.57. The Balaban J connectivity index is 2.21. The van der Waals surface area contributed by atoms with Gasteiger partial charge in [-0.1, -0.05) is 20.3 Å². The molecular weight excluding hydrogens is 242 g/mol. The number of hydrogen-bond donors (Lipinski definition) is 2. The van der Waals surface area contributed by atoms with Gasteiger partial charge in [-0.2, -0.15) is 0 Å². The fourth-order valence-corrected chi connectivity index (χ4v) is 1.99. The smallest absolute Gasteiger partial charge is 0.231 e. The van der Waals surface area contributed by atoms with Gasteiger partial charge >= 0.3 is 0 Å². The van der Waals surface area contributed by atoms with Crippen LogP contribution >= 0.6 is 0 Å². The van der Waals surface area contributed by atoms with Crippen LogP contribution in [0.15, 0.2) is 10.7 Å². The monoisotopic (exact) mass is 263 g/mol. The summed E-state index contributed by atoms with van der Waals surface area (Å²) >= 11 is 0. The molecule has 2 atom stereocenters. The van der Waals surface area contributed by atoms with Crippen LogP contribution in [-0.4, -0.2) is 27.7 Å². The summed E-state index contributed by atoms with van der Waals surface area (Å²) in [5, 5.41) is 14.1. The van der Waals surface area contributed by atoms with Crippen molar-refractivity contribution in [3.05, 3.63) is 17.7 Å². The summed E-state index contributed by atoms with van der Waals surface area (Å²) in [5.41, 5.74) is 1.63. The SMILES string of the molecule is CCC(C)C(O)CNc1ncnc2oc(C)c(C)c12. The minimum Gasteiger partial charge on any atom is -0.443 e. The Bertz CT molecular complexity index is 565. The molecule has 2 N–H and O–H groups in total. The largest absolute Gasteiger partial charge is 0.443 e. The molecule has 0 spiro atoms. The van der Waals surface area contributed by atoms with Crippen molar-refractivity contribution in [2.24, 2.45) is 5.92 Å². The molecule has 5 heteroatoms. The molecule has 2 aromatic heterocycles. The van der Waals surface area contributed by atoms with Crippen LogP contribution in [0.25, 0.3) is 11.1 Å². The van der Waals surface area contributed by atoms with E-state index in [1.807, 2.05) is 20.8 Å². The third kappa shape index (κ3) is 2.71. The van der Waals surface area contributed by atoms with Crippen LogP contribution < -0.4 is 5.32 Å². The highest BCUT2D eigenvalue weighted by atomic mass is 16.3. The highest BCUT2D eigenvalue weighted by Crippen LogP contribution is 2.28. The lowest BCUT2D eigenvalue weighted by Crippen LogP contribution is -2.26. The fourth-order valence-electron chi connectivity index (χ4n) is 1.99. The summed E-state index contributed by atoms with van der Waals surface area (Å²) in [6.45, 7) is 8.48. The number of nitrogens with one attached hydrogen (secondary N) is 1. The predicted octanol–water partition coefficient (Wildman–Crippen LogP) is 2.66. The predicted molar refractivity (Wildman–Crippen MR) is 75.2 cm³/mol. The van der Waals surface area contributed by atoms with Crippen molar-refractivity contribution in [2.75, 3.05) is 11.9 Å². The fraction of sp³-hybridized carbons (Fsp3) is 0.571. The summed E-state index contributed by atoms with van der Waals surface area (Å²) in [5.74, 6) is 1.83. The van der Waals surface area contributed by atoms with Gasteiger partial charge < -0.3 is 14.8 Å². The second-order valence-corrected chi connectivity index (χ2v) is 5.02. The zero-order chi connectivity index (χ0) is 14.0. The van der Waals surface area contributed by atoms with Crippen LogP contribution in [0.1, 0.15) is 31.6 Å². The number of furan rings is 1. The highest BCUT2D eigenvalue weighted by Gasteiger charge is 2.16. The van der Waals surface area contributed by atoms with E-state index >= 15 is 0 Å². The number of fused-ring (bicyclic) bond motifs is 1. The first-order valence-electron chi connectivity index (χ1n) is 6.67. The third-order valence-corrected chi connectivity index (χ3v) is 3.74. The number of anilines is 1. The minimum atomic E-state index is -0.386. The summed E-state index contributed by atoms with van der Waals surface area (Å²) in [7, 11) is 0. The summed E-state index contributed by atoms with van der Waals surface area (Å²) < 4.78 is 5.56. The normalized spacial score (nSPS) is 14.6. The molecule has 5 nitrogen and oxygen atoms in total. The van der Waals surface area contributed by atoms with E-state index in [1.54, 1.807) is 0 Å². The van der Waals surface area contributed by atoms with Crippen molar-refractivity contribution in [1.82, 2.24) is 9.97 Å². The molecule has 2 unspecified atom stereocenters. The number of aryl methyl sites for hydroxylation is 2. The van der Waals surface area contributed by atoms with Gasteiger partial charge in [0.2, 0.25) is 5.71 Å². The Kier molecular flexibility index (Phi) is 4.04. The lowest BCUT2D eigenvalue weighted by atomic mass is 10.0. The van der Waals surface area contributed by atoms with Crippen LogP contribution in [0.5, 0.6) is 0 Å². The molecule has 19 heavy (non-hydrogen) atoms. The van der Waals surface area contributed by atoms with E-state index < -0.39 is 0 Å². The van der Waals surface area contributed by atoms with E-state index in [9.17, 15) is 5.11 Å². The summed E-state index contributed by atoms with van der Waals surface area (Å²) in [6.07, 6.45) is 2.04. The lowest BCUT2D eigenvalue weighted by molar-refractivity contribution is 0.126. The van der Waals surface area contributed by atoms with Gasteiger partial charge in [-0.15, -0.1) is 0 Å². The van der Waals surface area contributed by atoms with Gasteiger partial charge in [-0.05, 0) is 19.8 Å². The Morgan fingerprint density at radius 3 is 2.79 bits per heavy atom. The van der Waals surface area contributed by atoms with E-state index in [1.165, 1.54) is 6.33 Å². The number of aromatic nitrogens is 2. The average molecular weight is 263 g/mol. The van der Waals surface area contributed by atoms with Crippen LogP contribution in [0, 0.1) is 19.8 Å². The number of hydrogen-bond acceptors (Lipinski definition) is 5. The number of aliphatic hydroxyl groups is 1. The van der Waals surface area contributed by atoms with Gasteiger partial charge in [0.15, 0.2) is 0 Å². The first-order valence-corrected chi connectivity index (χ1v) is 6.67. The van der Waals surface area contributed by atoms with Gasteiger partial charge in [0.1, 0.15) is 17.9 Å². The maximum absolute atomic E-state index is 10.00. The van der Waals surface area contributed by atoms with Crippen LogP contribution in [0.2, 0.25) is 0 Å². The standard InChI is InChI=1S/C14H21N3O2/c1-5-8(2)11(18)6-15-13-12-9(3)10(4)19-14(12)17-7-16-13/h7-8,11,18H,5-6H2,1-4H3,(H,15,16,17). The van der Waals surface area contributed by atoms with Gasteiger partial charge in [0, 0.05) is 12.1 Å². The Morgan fingerprint density at radius 2 is 2.11 bits per heavy atom. The second-order valence-electron chi connectivity index (χ2n) is 5.02. The minimum absolute atomic E-state index is 0.261. The van der Waals surface area contributed by atoms with Gasteiger partial charge in [0.25, 0.3) is 0 Å². The van der Waals surface area contributed by atoms with Crippen molar-refractivity contribution in [3.63, 3.8) is 0 Å². The molecule has 0 aromatic carbocycles. The topological polar surface area (TPSA) is 71.2 Å². The Hall–Kier alpha value is -1.62. The van der Waals surface area contributed by atoms with E-state index in [4.69, 9.17) is 4.42 Å². The molecule has 0 amide bonds. The van der Waals surface area contributed by atoms with Gasteiger partial charge in [0.05, 0.1) is 11.5 Å². The van der Waals surface area contributed by atoms with Gasteiger partial charge in [-0.25, -0.2) is 9.97 Å². The molecule has 2 aromatic rings. The van der Waals surface area contributed by atoms with Gasteiger partial charge in [-0.3, -0.25) is 0 Å². The van der Waals surface area contributed by atoms with Crippen LogP contribution in [0.4, 0.5) is 5.82 Å². The number of aliphatic hydroxyl groups excluding tert-OH is 1. The molecule has 0 aliphatic heterocycles. The molecule has 0 saturated heterocycles. The van der Waals surface area contributed by atoms with Crippen LogP contribution in [-0.2, 0) is 0 Å². The molecule has 0 radical (unpaired) electrons. The van der Waals surface area contributed by atoms with Crippen molar-refractivity contribution in [3.8, 4) is 0 Å². The quantitative estimate of drug-likeness (QED) is 0.867. The molecular formula is C14H21N3O2. The molecule has 0 bridgehead atoms. The summed E-state index contributed by atoms with van der Waals surface area (Å²) in [4.78, 5) is 8.37. The Morgan fingerprint density at radius 1 is 1.37 bits per heavy atom. The Labute approximate surface area is 113 Å².